The first-order valence-corrected chi connectivity index (χ1v) is 14.4. The van der Waals surface area contributed by atoms with Crippen LogP contribution in [-0.4, -0.2) is 51.3 Å². The second kappa shape index (κ2) is 10.8. The average Bonchev–Trinajstić information content (AvgIpc) is 3.46. The lowest BCUT2D eigenvalue weighted by molar-refractivity contribution is -0.133. The zero-order valence-electron chi connectivity index (χ0n) is 23.5. The lowest BCUT2D eigenvalue weighted by Gasteiger charge is -2.26. The standard InChI is InChI=1S/C31H32ClN7O3/c1-37(2)27(40)25-16-19-18-34-30(36-26(19)39(25)22-7-3-4-8-22)35-21-10-12-23(13-11-21)38(24-9-5-6-20(32)17-24)29(42)31(14-15-31)28(33)41/h5-6,9-13,16-18,22H,3-4,7-8,14-15H2,1-2H3,(H2,33,41)(H,34,35,36). The minimum absolute atomic E-state index is 0.0619. The zero-order chi connectivity index (χ0) is 29.6. The Bertz CT molecular complexity index is 1690. The number of hydrogen-bond acceptors (Lipinski definition) is 6. The minimum atomic E-state index is -1.20. The molecule has 0 saturated heterocycles. The van der Waals surface area contributed by atoms with E-state index in [0.29, 0.717) is 46.6 Å². The van der Waals surface area contributed by atoms with E-state index >= 15 is 0 Å². The van der Waals surface area contributed by atoms with E-state index < -0.39 is 11.3 Å². The number of anilines is 4. The van der Waals surface area contributed by atoms with Gasteiger partial charge in [-0.15, -0.1) is 0 Å². The van der Waals surface area contributed by atoms with Gasteiger partial charge < -0.3 is 20.5 Å². The topological polar surface area (TPSA) is 126 Å². The molecule has 2 heterocycles. The van der Waals surface area contributed by atoms with Crippen LogP contribution in [0.25, 0.3) is 11.0 Å². The molecular formula is C31H32ClN7O3. The number of nitrogens with two attached hydrogens (primary N) is 1. The maximum atomic E-state index is 13.6. The number of aromatic nitrogens is 3. The molecule has 4 aromatic rings. The largest absolute Gasteiger partial charge is 0.369 e. The monoisotopic (exact) mass is 585 g/mol. The van der Waals surface area contributed by atoms with Crippen molar-refractivity contribution in [2.24, 2.45) is 11.1 Å². The van der Waals surface area contributed by atoms with E-state index in [9.17, 15) is 14.4 Å². The van der Waals surface area contributed by atoms with Crippen molar-refractivity contribution in [1.82, 2.24) is 19.4 Å². The molecule has 2 aliphatic rings. The molecule has 2 aromatic heterocycles. The molecule has 2 saturated carbocycles. The molecule has 216 valence electrons. The van der Waals surface area contributed by atoms with E-state index in [4.69, 9.17) is 22.3 Å². The zero-order valence-corrected chi connectivity index (χ0v) is 24.3. The molecule has 2 aromatic carbocycles. The third kappa shape index (κ3) is 4.96. The van der Waals surface area contributed by atoms with Gasteiger partial charge in [0, 0.05) is 48.1 Å². The first-order valence-electron chi connectivity index (χ1n) is 14.0. The van der Waals surface area contributed by atoms with E-state index in [1.165, 1.54) is 4.90 Å². The van der Waals surface area contributed by atoms with Crippen molar-refractivity contribution < 1.29 is 14.4 Å². The minimum Gasteiger partial charge on any atom is -0.369 e. The van der Waals surface area contributed by atoms with Crippen LogP contribution in [0, 0.1) is 5.41 Å². The first-order chi connectivity index (χ1) is 20.2. The van der Waals surface area contributed by atoms with Crippen molar-refractivity contribution in [3.8, 4) is 0 Å². The highest BCUT2D eigenvalue weighted by atomic mass is 35.5. The lowest BCUT2D eigenvalue weighted by Crippen LogP contribution is -2.41. The SMILES string of the molecule is CN(C)C(=O)c1cc2cnc(Nc3ccc(N(C(=O)C4(C(N)=O)CC4)c4cccc(Cl)c4)cc3)nc2n1C1CCCC1. The van der Waals surface area contributed by atoms with Gasteiger partial charge in [0.05, 0.1) is 5.69 Å². The van der Waals surface area contributed by atoms with E-state index in [0.717, 1.165) is 36.7 Å². The molecule has 2 aliphatic carbocycles. The van der Waals surface area contributed by atoms with Crippen LogP contribution in [0.1, 0.15) is 55.1 Å². The van der Waals surface area contributed by atoms with E-state index in [1.807, 2.05) is 18.2 Å². The third-order valence-electron chi connectivity index (χ3n) is 8.17. The van der Waals surface area contributed by atoms with E-state index in [1.54, 1.807) is 61.6 Å². The number of nitrogens with zero attached hydrogens (tertiary/aromatic N) is 5. The molecule has 11 heteroatoms. The van der Waals surface area contributed by atoms with Crippen LogP contribution >= 0.6 is 11.6 Å². The molecule has 0 unspecified atom stereocenters. The van der Waals surface area contributed by atoms with Gasteiger partial charge in [-0.3, -0.25) is 19.3 Å². The Labute approximate surface area is 248 Å². The van der Waals surface area contributed by atoms with Gasteiger partial charge in [0.2, 0.25) is 17.8 Å². The van der Waals surface area contributed by atoms with Crippen molar-refractivity contribution in [3.63, 3.8) is 0 Å². The van der Waals surface area contributed by atoms with Gasteiger partial charge >= 0.3 is 0 Å². The van der Waals surface area contributed by atoms with Crippen molar-refractivity contribution >= 4 is 63.4 Å². The number of nitrogens with one attached hydrogen (secondary N) is 1. The predicted octanol–water partition coefficient (Wildman–Crippen LogP) is 5.58. The Balaban J connectivity index is 1.31. The van der Waals surface area contributed by atoms with Crippen LogP contribution in [0.5, 0.6) is 0 Å². The number of hydrogen-bond donors (Lipinski definition) is 2. The Morgan fingerprint density at radius 3 is 2.36 bits per heavy atom. The average molecular weight is 586 g/mol. The predicted molar refractivity (Wildman–Crippen MR) is 162 cm³/mol. The summed E-state index contributed by atoms with van der Waals surface area (Å²) in [5.41, 5.74) is 7.59. The van der Waals surface area contributed by atoms with Crippen LogP contribution in [0.4, 0.5) is 23.0 Å². The van der Waals surface area contributed by atoms with Gasteiger partial charge in [0.25, 0.3) is 5.91 Å². The molecule has 10 nitrogen and oxygen atoms in total. The van der Waals surface area contributed by atoms with Crippen LogP contribution in [0.15, 0.2) is 60.8 Å². The summed E-state index contributed by atoms with van der Waals surface area (Å²) in [4.78, 5) is 51.2. The summed E-state index contributed by atoms with van der Waals surface area (Å²) in [5.74, 6) is -0.663. The van der Waals surface area contributed by atoms with Gasteiger partial charge in [-0.2, -0.15) is 4.98 Å². The van der Waals surface area contributed by atoms with Gasteiger partial charge in [-0.05, 0) is 74.2 Å². The van der Waals surface area contributed by atoms with Crippen molar-refractivity contribution in [2.45, 2.75) is 44.6 Å². The van der Waals surface area contributed by atoms with Crippen molar-refractivity contribution in [1.29, 1.82) is 0 Å². The molecule has 0 bridgehead atoms. The van der Waals surface area contributed by atoms with Crippen LogP contribution in [0.3, 0.4) is 0 Å². The molecule has 0 aliphatic heterocycles. The second-order valence-corrected chi connectivity index (χ2v) is 11.7. The summed E-state index contributed by atoms with van der Waals surface area (Å²) in [6, 6.07) is 16.2. The molecule has 0 spiro atoms. The highest BCUT2D eigenvalue weighted by molar-refractivity contribution is 6.31. The fourth-order valence-corrected chi connectivity index (χ4v) is 5.90. The number of fused-ring (bicyclic) bond motifs is 1. The van der Waals surface area contributed by atoms with Crippen molar-refractivity contribution in [2.75, 3.05) is 24.3 Å². The summed E-state index contributed by atoms with van der Waals surface area (Å²) in [6.45, 7) is 0. The number of primary amides is 1. The Kier molecular flexibility index (Phi) is 7.10. The maximum absolute atomic E-state index is 13.6. The number of benzene rings is 2. The van der Waals surface area contributed by atoms with Gasteiger partial charge in [0.1, 0.15) is 16.8 Å². The number of halogens is 1. The van der Waals surface area contributed by atoms with Gasteiger partial charge in [0.15, 0.2) is 0 Å². The fourth-order valence-electron chi connectivity index (χ4n) is 5.72. The molecule has 42 heavy (non-hydrogen) atoms. The van der Waals surface area contributed by atoms with Crippen molar-refractivity contribution in [3.05, 3.63) is 71.5 Å². The second-order valence-electron chi connectivity index (χ2n) is 11.2. The van der Waals surface area contributed by atoms with Crippen LogP contribution < -0.4 is 16.0 Å². The number of amides is 3. The van der Waals surface area contributed by atoms with Crippen LogP contribution in [0.2, 0.25) is 5.02 Å². The lowest BCUT2D eigenvalue weighted by atomic mass is 10.0. The van der Waals surface area contributed by atoms with Gasteiger partial charge in [-0.25, -0.2) is 4.98 Å². The van der Waals surface area contributed by atoms with E-state index in [-0.39, 0.29) is 17.9 Å². The molecular weight excluding hydrogens is 554 g/mol. The normalized spacial score (nSPS) is 15.9. The summed E-state index contributed by atoms with van der Waals surface area (Å²) in [7, 11) is 3.50. The molecule has 3 N–H and O–H groups in total. The molecule has 6 rings (SSSR count). The smallest absolute Gasteiger partial charge is 0.270 e. The summed E-state index contributed by atoms with van der Waals surface area (Å²) < 4.78 is 2.07. The molecule has 0 radical (unpaired) electrons. The number of carbonyl (C=O) groups excluding carboxylic acids is 3. The fraction of sp³-hybridized carbons (Fsp3) is 0.323. The number of carbonyl (C=O) groups is 3. The van der Waals surface area contributed by atoms with Gasteiger partial charge in [-0.1, -0.05) is 30.5 Å². The Morgan fingerprint density at radius 1 is 1.02 bits per heavy atom. The maximum Gasteiger partial charge on any atom is 0.270 e. The van der Waals surface area contributed by atoms with E-state index in [2.05, 4.69) is 14.9 Å². The third-order valence-corrected chi connectivity index (χ3v) is 8.41. The summed E-state index contributed by atoms with van der Waals surface area (Å²) >= 11 is 6.24. The molecule has 0 atom stereocenters. The highest BCUT2D eigenvalue weighted by Gasteiger charge is 2.57. The molecule has 2 fully saturated rings. The summed E-state index contributed by atoms with van der Waals surface area (Å²) in [6.07, 6.45) is 6.82. The number of rotatable bonds is 8. The van der Waals surface area contributed by atoms with Crippen LogP contribution in [-0.2, 0) is 9.59 Å². The highest BCUT2D eigenvalue weighted by Crippen LogP contribution is 2.49. The molecule has 3 amide bonds. The summed E-state index contributed by atoms with van der Waals surface area (Å²) in [5, 5.41) is 4.53. The quantitative estimate of drug-likeness (QED) is 0.260. The Morgan fingerprint density at radius 2 is 1.74 bits per heavy atom. The first kappa shape index (κ1) is 27.7. The Hall–Kier alpha value is -4.44.